The van der Waals surface area contributed by atoms with Crippen LogP contribution in [0.25, 0.3) is 261 Å². The van der Waals surface area contributed by atoms with E-state index in [1.54, 1.807) is 0 Å². The molecule has 0 N–H and O–H groups in total. The van der Waals surface area contributed by atoms with Crippen molar-refractivity contribution < 1.29 is 13.3 Å². The van der Waals surface area contributed by atoms with Crippen LogP contribution in [-0.2, 0) is 5.41 Å². The van der Waals surface area contributed by atoms with Crippen molar-refractivity contribution in [1.29, 1.82) is 0 Å². The maximum atomic E-state index is 6.14. The number of nitrogens with zero attached hydrogens (tertiary/aromatic N) is 11. The third kappa shape index (κ3) is 14.1. The van der Waals surface area contributed by atoms with Crippen molar-refractivity contribution in [3.8, 4) is 130 Å². The summed E-state index contributed by atoms with van der Waals surface area (Å²) in [7, 11) is 0. The summed E-state index contributed by atoms with van der Waals surface area (Å²) >= 11 is 0. The number of fused-ring (bicyclic) bond motifs is 21. The van der Waals surface area contributed by atoms with Crippen molar-refractivity contribution in [2.24, 2.45) is 0 Å². The summed E-state index contributed by atoms with van der Waals surface area (Å²) in [6.07, 6.45) is 3.82. The van der Waals surface area contributed by atoms with Gasteiger partial charge in [0, 0.05) is 110 Å². The lowest BCUT2D eigenvalue weighted by Gasteiger charge is -2.21. The largest absolute Gasteiger partial charge is 0.456 e. The van der Waals surface area contributed by atoms with Gasteiger partial charge in [-0.1, -0.05) is 335 Å². The van der Waals surface area contributed by atoms with E-state index in [-0.39, 0.29) is 5.41 Å². The van der Waals surface area contributed by atoms with Crippen LogP contribution >= 0.6 is 0 Å². The number of para-hydroxylation sites is 5. The minimum absolute atomic E-state index is 0.0103. The normalized spacial score (nSPS) is 12.2. The zero-order chi connectivity index (χ0) is 93.3. The lowest BCUT2D eigenvalue weighted by molar-refractivity contribution is 0.660. The standard InChI is InChI=1S/C46H27N3O2.C42H30N4.C39H24N4O/c1-2-8-28(9-3-1)33-26-47-46(48-27-33)49-40-18-14-29(31-16-20-44-38(24-31)34-10-4-6-12-42(34)50-44)22-36(40)37-23-30(15-19-41(37)49)32-17-21-45-39(25-32)35-11-5-7-13-43(35)51-45;1-42(2)35-19-11-9-17-31(35)33-25-29(21-23-36(33)42)30-22-24-38-34(26-30)32-18-10-12-20-37(32)46(38)41-44-39(27-13-5-3-6-14-27)43-40(45-41)28-15-7-4-8-16-28;1-3-11-25(12-4-1)37-40-38(26-13-5-2-6-14-26)42-39(41-37)43-33-17-9-7-15-29(33)31-23-27(19-21-34(31)43)28-20-22-36-32(24-28)30-16-8-10-18-35(30)44-36/h1-27H;3-26H,1-2H3;1-24H. The molecule has 0 aliphatic heterocycles. The average molecular weight is 1810 g/mol. The van der Waals surface area contributed by atoms with Crippen LogP contribution in [0.4, 0.5) is 0 Å². The molecular formula is C127H81N11O3. The maximum absolute atomic E-state index is 6.14. The smallest absolute Gasteiger partial charge is 0.238 e. The molecule has 0 spiro atoms. The molecule has 28 aromatic rings. The first-order chi connectivity index (χ1) is 69.6. The van der Waals surface area contributed by atoms with Crippen LogP contribution in [0.2, 0.25) is 0 Å². The van der Waals surface area contributed by atoms with E-state index in [9.17, 15) is 0 Å². The van der Waals surface area contributed by atoms with Crippen molar-refractivity contribution in [2.45, 2.75) is 19.3 Å². The molecule has 0 radical (unpaired) electrons. The predicted octanol–water partition coefficient (Wildman–Crippen LogP) is 32.5. The Hall–Kier alpha value is -18.9. The minimum Gasteiger partial charge on any atom is -0.456 e. The molecule has 0 fully saturated rings. The van der Waals surface area contributed by atoms with Gasteiger partial charge in [0.25, 0.3) is 0 Å². The van der Waals surface area contributed by atoms with Crippen LogP contribution in [0.3, 0.4) is 0 Å². The van der Waals surface area contributed by atoms with Crippen molar-refractivity contribution in [3.05, 3.63) is 466 Å². The van der Waals surface area contributed by atoms with Gasteiger partial charge in [0.1, 0.15) is 33.5 Å². The van der Waals surface area contributed by atoms with Gasteiger partial charge >= 0.3 is 0 Å². The molecule has 0 saturated heterocycles. The van der Waals surface area contributed by atoms with Gasteiger partial charge in [-0.2, -0.15) is 19.9 Å². The second-order valence-corrected chi connectivity index (χ2v) is 36.5. The first-order valence-corrected chi connectivity index (χ1v) is 47.4. The highest BCUT2D eigenvalue weighted by atomic mass is 16.3. The molecule has 9 heterocycles. The number of benzene rings is 19. The molecule has 1 aliphatic rings. The monoisotopic (exact) mass is 1810 g/mol. The molecule has 0 saturated carbocycles. The Morgan fingerprint density at radius 2 is 0.440 bits per heavy atom. The fraction of sp³-hybridized carbons (Fsp3) is 0.0236. The molecule has 14 heteroatoms. The van der Waals surface area contributed by atoms with Crippen molar-refractivity contribution in [3.63, 3.8) is 0 Å². The molecule has 29 rings (SSSR count). The molecule has 14 nitrogen and oxygen atoms in total. The maximum Gasteiger partial charge on any atom is 0.238 e. The third-order valence-corrected chi connectivity index (χ3v) is 27.9. The van der Waals surface area contributed by atoms with Crippen LogP contribution in [0, 0.1) is 0 Å². The first-order valence-electron chi connectivity index (χ1n) is 47.4. The quantitative estimate of drug-likeness (QED) is 0.115. The molecule has 9 aromatic heterocycles. The van der Waals surface area contributed by atoms with Crippen molar-refractivity contribution >= 4 is 131 Å². The summed E-state index contributed by atoms with van der Waals surface area (Å²) < 4.78 is 24.9. The summed E-state index contributed by atoms with van der Waals surface area (Å²) in [6, 6.07) is 154. The zero-order valence-electron chi connectivity index (χ0n) is 76.4. The fourth-order valence-corrected chi connectivity index (χ4v) is 21.0. The van der Waals surface area contributed by atoms with Gasteiger partial charge in [-0.3, -0.25) is 13.7 Å². The second-order valence-electron chi connectivity index (χ2n) is 36.5. The van der Waals surface area contributed by atoms with Crippen molar-refractivity contribution in [2.75, 3.05) is 0 Å². The average Bonchev–Trinajstić information content (AvgIpc) is 1.58. The number of aromatic nitrogens is 11. The van der Waals surface area contributed by atoms with E-state index in [0.717, 1.165) is 198 Å². The number of hydrogen-bond donors (Lipinski definition) is 0. The van der Waals surface area contributed by atoms with E-state index >= 15 is 0 Å². The van der Waals surface area contributed by atoms with E-state index in [1.807, 2.05) is 188 Å². The Labute approximate surface area is 808 Å². The van der Waals surface area contributed by atoms with Gasteiger partial charge in [0.2, 0.25) is 17.8 Å². The molecule has 0 amide bonds. The van der Waals surface area contributed by atoms with Crippen LogP contribution in [-0.4, -0.2) is 53.6 Å². The molecule has 662 valence electrons. The van der Waals surface area contributed by atoms with Crippen molar-refractivity contribution in [1.82, 2.24) is 53.6 Å². The number of rotatable bonds is 12. The lowest BCUT2D eigenvalue weighted by atomic mass is 9.82. The molecule has 19 aromatic carbocycles. The van der Waals surface area contributed by atoms with E-state index in [2.05, 4.69) is 294 Å². The van der Waals surface area contributed by atoms with Gasteiger partial charge < -0.3 is 13.3 Å². The summed E-state index contributed by atoms with van der Waals surface area (Å²) in [5.41, 5.74) is 32.1. The molecule has 1 aliphatic carbocycles. The SMILES string of the molecule is CC1(C)c2ccccc2-c2cc(-c3ccc4c(c3)c3ccccc3n4-c3nc(-c4ccccc4)nc(-c4ccccc4)n3)ccc21.c1ccc(-c2cnc(-n3c4ccc(-c5ccc6oc7ccccc7c6c5)cc4c4cc(-c5ccc6oc7ccccc7c6c5)ccc43)nc2)cc1.c1ccc(-c2nc(-c3ccccc3)nc(-n3c4ccccc4c4cc(-c5ccc6oc7ccccc7c6c5)ccc43)n2)cc1. The highest BCUT2D eigenvalue weighted by molar-refractivity contribution is 6.16. The lowest BCUT2D eigenvalue weighted by Crippen LogP contribution is -2.14. The Morgan fingerprint density at radius 1 is 0.177 bits per heavy atom. The molecule has 0 unspecified atom stereocenters. The number of furan rings is 3. The fourth-order valence-electron chi connectivity index (χ4n) is 21.0. The number of hydrogen-bond acceptors (Lipinski definition) is 11. The Morgan fingerprint density at radius 3 is 0.816 bits per heavy atom. The molecule has 0 atom stereocenters. The van der Waals surface area contributed by atoms with Gasteiger partial charge in [0.15, 0.2) is 23.3 Å². The van der Waals surface area contributed by atoms with Crippen LogP contribution in [0.5, 0.6) is 0 Å². The van der Waals surface area contributed by atoms with E-state index in [1.165, 1.54) is 33.4 Å². The van der Waals surface area contributed by atoms with Crippen LogP contribution < -0.4 is 0 Å². The Kier molecular flexibility index (Phi) is 19.3. The highest BCUT2D eigenvalue weighted by Crippen LogP contribution is 2.51. The highest BCUT2D eigenvalue weighted by Gasteiger charge is 2.36. The van der Waals surface area contributed by atoms with Crippen LogP contribution in [0.15, 0.2) is 468 Å². The summed E-state index contributed by atoms with van der Waals surface area (Å²) in [5.74, 6) is 4.38. The summed E-state index contributed by atoms with van der Waals surface area (Å²) in [5, 5.41) is 13.6. The van der Waals surface area contributed by atoms with Gasteiger partial charge in [-0.25, -0.2) is 19.9 Å². The third-order valence-electron chi connectivity index (χ3n) is 27.9. The Bertz CT molecular complexity index is 9560. The molecule has 141 heavy (non-hydrogen) atoms. The summed E-state index contributed by atoms with van der Waals surface area (Å²) in [4.78, 5) is 39.8. The Balaban J connectivity index is 0.000000106. The van der Waals surface area contributed by atoms with E-state index in [0.29, 0.717) is 41.1 Å². The van der Waals surface area contributed by atoms with E-state index in [4.69, 9.17) is 53.1 Å². The van der Waals surface area contributed by atoms with E-state index < -0.39 is 0 Å². The van der Waals surface area contributed by atoms with Gasteiger partial charge in [-0.05, 0) is 194 Å². The molecular weight excluding hydrogens is 1730 g/mol. The predicted molar refractivity (Wildman–Crippen MR) is 573 cm³/mol. The first kappa shape index (κ1) is 81.6. The zero-order valence-corrected chi connectivity index (χ0v) is 76.4. The second kappa shape index (κ2) is 33.3. The van der Waals surface area contributed by atoms with Gasteiger partial charge in [0.05, 0.1) is 33.1 Å². The van der Waals surface area contributed by atoms with Gasteiger partial charge in [-0.15, -0.1) is 0 Å². The topological polar surface area (TPSA) is 157 Å². The minimum atomic E-state index is -0.0103. The van der Waals surface area contributed by atoms with Crippen LogP contribution in [0.1, 0.15) is 25.0 Å². The summed E-state index contributed by atoms with van der Waals surface area (Å²) in [6.45, 7) is 4.65. The molecule has 0 bridgehead atoms.